The number of nitrogens with zero attached hydrogens (tertiary/aromatic N) is 3. The summed E-state index contributed by atoms with van der Waals surface area (Å²) in [4.78, 5) is 10.1. The molecule has 0 N–H and O–H groups in total. The van der Waals surface area contributed by atoms with E-state index in [1.54, 1.807) is 0 Å². The Hall–Kier alpha value is -5.42. The highest BCUT2D eigenvalue weighted by molar-refractivity contribution is 6.10. The fourth-order valence-corrected chi connectivity index (χ4v) is 5.26. The van der Waals surface area contributed by atoms with Crippen LogP contribution in [0, 0.1) is 0 Å². The molecular weight excluding hydrogens is 482 g/mol. The highest BCUT2D eigenvalue weighted by atomic mass is 16.6. The van der Waals surface area contributed by atoms with E-state index < -0.39 is 0 Å². The first-order chi connectivity index (χ1) is 19.3. The third-order valence-electron chi connectivity index (χ3n) is 7.07. The van der Waals surface area contributed by atoms with Gasteiger partial charge in [0.15, 0.2) is 28.8 Å². The summed E-state index contributed by atoms with van der Waals surface area (Å²) >= 11 is 0. The second-order valence-electron chi connectivity index (χ2n) is 9.49. The molecule has 1 aliphatic heterocycles. The average Bonchev–Trinajstić information content (AvgIpc) is 3.32. The zero-order valence-corrected chi connectivity index (χ0v) is 20.8. The lowest BCUT2D eigenvalue weighted by Gasteiger charge is -2.20. The normalized spacial score (nSPS) is 12.0. The van der Waals surface area contributed by atoms with E-state index in [1.807, 2.05) is 78.9 Å². The van der Waals surface area contributed by atoms with Gasteiger partial charge >= 0.3 is 0 Å². The van der Waals surface area contributed by atoms with Crippen LogP contribution in [0.4, 0.5) is 0 Å². The SMILES string of the molecule is c1ccc(-c2cc(-n3c4ccccc4c4cc5c(cc43)Oc3ccccc3O5)nc(-c3ccccc3)n2)cc1. The standard InChI is InChI=1S/C34H21N3O2/c1-3-11-22(12-4-1)26-20-33(36-34(35-26)23-13-5-2-6-14-23)37-27-16-8-7-15-24(27)25-19-31-32(21-28(25)37)39-30-18-10-9-17-29(30)38-31/h1-21H. The fraction of sp³-hybridized carbons (Fsp3) is 0. The number of hydrogen-bond acceptors (Lipinski definition) is 4. The Labute approximate surface area is 224 Å². The Morgan fingerprint density at radius 2 is 1.08 bits per heavy atom. The summed E-state index contributed by atoms with van der Waals surface area (Å²) in [5, 5.41) is 2.17. The number of aromatic nitrogens is 3. The predicted octanol–water partition coefficient (Wildman–Crippen LogP) is 8.81. The lowest BCUT2D eigenvalue weighted by atomic mass is 10.1. The van der Waals surface area contributed by atoms with Crippen LogP contribution in [0.5, 0.6) is 23.0 Å². The maximum atomic E-state index is 6.29. The Kier molecular flexibility index (Phi) is 4.76. The van der Waals surface area contributed by atoms with Crippen molar-refractivity contribution in [2.75, 3.05) is 0 Å². The first kappa shape index (κ1) is 21.6. The van der Waals surface area contributed by atoms with Gasteiger partial charge in [-0.25, -0.2) is 9.97 Å². The van der Waals surface area contributed by atoms with Gasteiger partial charge in [0.25, 0.3) is 0 Å². The molecule has 184 valence electrons. The van der Waals surface area contributed by atoms with Crippen LogP contribution in [0.3, 0.4) is 0 Å². The van der Waals surface area contributed by atoms with Gasteiger partial charge in [-0.3, -0.25) is 4.57 Å². The summed E-state index contributed by atoms with van der Waals surface area (Å²) in [5.41, 5.74) is 4.88. The van der Waals surface area contributed by atoms with Crippen LogP contribution in [0.2, 0.25) is 0 Å². The van der Waals surface area contributed by atoms with Crippen LogP contribution in [0.1, 0.15) is 0 Å². The number of rotatable bonds is 3. The Morgan fingerprint density at radius 1 is 0.462 bits per heavy atom. The van der Waals surface area contributed by atoms with Gasteiger partial charge in [0.1, 0.15) is 5.82 Å². The first-order valence-electron chi connectivity index (χ1n) is 12.8. The summed E-state index contributed by atoms with van der Waals surface area (Å²) in [5.74, 6) is 4.23. The van der Waals surface area contributed by atoms with Gasteiger partial charge in [-0.1, -0.05) is 91.0 Å². The number of para-hydroxylation sites is 3. The highest BCUT2D eigenvalue weighted by Crippen LogP contribution is 2.48. The minimum atomic E-state index is 0.671. The van der Waals surface area contributed by atoms with Crippen molar-refractivity contribution < 1.29 is 9.47 Å². The molecule has 5 heteroatoms. The smallest absolute Gasteiger partial charge is 0.172 e. The van der Waals surface area contributed by atoms with Crippen molar-refractivity contribution in [3.8, 4) is 51.5 Å². The molecule has 3 heterocycles. The maximum Gasteiger partial charge on any atom is 0.172 e. The van der Waals surface area contributed by atoms with Crippen molar-refractivity contribution in [2.45, 2.75) is 0 Å². The molecular formula is C34H21N3O2. The second-order valence-corrected chi connectivity index (χ2v) is 9.49. The van der Waals surface area contributed by atoms with Crippen LogP contribution < -0.4 is 9.47 Å². The Bertz CT molecular complexity index is 1960. The summed E-state index contributed by atoms with van der Waals surface area (Å²) in [7, 11) is 0. The molecule has 1 aliphatic rings. The molecule has 8 rings (SSSR count). The Morgan fingerprint density at radius 3 is 1.82 bits per heavy atom. The third-order valence-corrected chi connectivity index (χ3v) is 7.07. The molecule has 39 heavy (non-hydrogen) atoms. The van der Waals surface area contributed by atoms with Crippen LogP contribution >= 0.6 is 0 Å². The van der Waals surface area contributed by atoms with Gasteiger partial charge in [0, 0.05) is 34.0 Å². The van der Waals surface area contributed by atoms with Gasteiger partial charge in [-0.2, -0.15) is 0 Å². The van der Waals surface area contributed by atoms with E-state index in [0.29, 0.717) is 28.8 Å². The van der Waals surface area contributed by atoms with Crippen LogP contribution in [-0.4, -0.2) is 14.5 Å². The summed E-state index contributed by atoms with van der Waals surface area (Å²) in [6, 6.07) is 42.6. The van der Waals surface area contributed by atoms with Crippen molar-refractivity contribution >= 4 is 21.8 Å². The van der Waals surface area contributed by atoms with Crippen molar-refractivity contribution in [3.05, 3.63) is 127 Å². The molecule has 0 radical (unpaired) electrons. The summed E-state index contributed by atoms with van der Waals surface area (Å²) < 4.78 is 14.7. The van der Waals surface area contributed by atoms with Crippen molar-refractivity contribution in [3.63, 3.8) is 0 Å². The molecule has 5 aromatic carbocycles. The minimum Gasteiger partial charge on any atom is -0.449 e. The van der Waals surface area contributed by atoms with Gasteiger partial charge < -0.3 is 9.47 Å². The van der Waals surface area contributed by atoms with Crippen LogP contribution in [0.15, 0.2) is 127 Å². The number of hydrogen-bond donors (Lipinski definition) is 0. The molecule has 0 spiro atoms. The van der Waals surface area contributed by atoms with Crippen molar-refractivity contribution in [1.82, 2.24) is 14.5 Å². The van der Waals surface area contributed by atoms with E-state index in [9.17, 15) is 0 Å². The maximum absolute atomic E-state index is 6.29. The van der Waals surface area contributed by atoms with Crippen molar-refractivity contribution in [1.29, 1.82) is 0 Å². The molecule has 5 nitrogen and oxygen atoms in total. The van der Waals surface area contributed by atoms with Gasteiger partial charge in [-0.05, 0) is 24.3 Å². The third kappa shape index (κ3) is 3.55. The van der Waals surface area contributed by atoms with E-state index in [0.717, 1.165) is 44.4 Å². The number of fused-ring (bicyclic) bond motifs is 5. The second kappa shape index (κ2) is 8.57. The average molecular weight is 504 g/mol. The molecule has 0 fully saturated rings. The number of ether oxygens (including phenoxy) is 2. The largest absolute Gasteiger partial charge is 0.449 e. The minimum absolute atomic E-state index is 0.671. The molecule has 0 saturated heterocycles. The predicted molar refractivity (Wildman–Crippen MR) is 154 cm³/mol. The van der Waals surface area contributed by atoms with E-state index in [-0.39, 0.29) is 0 Å². The molecule has 0 amide bonds. The molecule has 7 aromatic rings. The zero-order valence-electron chi connectivity index (χ0n) is 20.8. The molecule has 0 saturated carbocycles. The quantitative estimate of drug-likeness (QED) is 0.242. The molecule has 0 atom stereocenters. The van der Waals surface area contributed by atoms with Gasteiger partial charge in [0.05, 0.1) is 16.7 Å². The molecule has 0 bridgehead atoms. The topological polar surface area (TPSA) is 49.2 Å². The Balaban J connectivity index is 1.41. The van der Waals surface area contributed by atoms with E-state index in [1.165, 1.54) is 0 Å². The van der Waals surface area contributed by atoms with E-state index in [2.05, 4.69) is 53.1 Å². The first-order valence-corrected chi connectivity index (χ1v) is 12.8. The highest BCUT2D eigenvalue weighted by Gasteiger charge is 2.23. The summed E-state index contributed by atoms with van der Waals surface area (Å²) in [6.07, 6.45) is 0. The lowest BCUT2D eigenvalue weighted by molar-refractivity contribution is 0.360. The zero-order chi connectivity index (χ0) is 25.8. The van der Waals surface area contributed by atoms with Gasteiger partial charge in [0.2, 0.25) is 0 Å². The monoisotopic (exact) mass is 503 g/mol. The van der Waals surface area contributed by atoms with Crippen LogP contribution in [0.25, 0.3) is 50.3 Å². The fourth-order valence-electron chi connectivity index (χ4n) is 5.26. The van der Waals surface area contributed by atoms with E-state index in [4.69, 9.17) is 19.4 Å². The van der Waals surface area contributed by atoms with Crippen molar-refractivity contribution in [2.24, 2.45) is 0 Å². The molecule has 0 aliphatic carbocycles. The number of benzene rings is 5. The van der Waals surface area contributed by atoms with E-state index >= 15 is 0 Å². The lowest BCUT2D eigenvalue weighted by Crippen LogP contribution is -2.03. The molecule has 2 aromatic heterocycles. The van der Waals surface area contributed by atoms with Crippen LogP contribution in [-0.2, 0) is 0 Å². The van der Waals surface area contributed by atoms with Gasteiger partial charge in [-0.15, -0.1) is 0 Å². The molecule has 0 unspecified atom stereocenters. The summed E-state index contributed by atoms with van der Waals surface area (Å²) in [6.45, 7) is 0.